The number of aromatic nitrogens is 3. The Kier molecular flexibility index (Phi) is 4.40. The van der Waals surface area contributed by atoms with Gasteiger partial charge < -0.3 is 14.2 Å². The minimum absolute atomic E-state index is 0.107. The molecule has 1 saturated heterocycles. The van der Waals surface area contributed by atoms with Crippen molar-refractivity contribution in [2.24, 2.45) is 0 Å². The summed E-state index contributed by atoms with van der Waals surface area (Å²) < 4.78 is 19.3. The van der Waals surface area contributed by atoms with Gasteiger partial charge in [0.1, 0.15) is 24.9 Å². The number of rotatable bonds is 6. The molecule has 6 heteroatoms. The van der Waals surface area contributed by atoms with Crippen LogP contribution in [0.4, 0.5) is 0 Å². The third kappa shape index (κ3) is 2.98. The van der Waals surface area contributed by atoms with Crippen molar-refractivity contribution in [3.05, 3.63) is 42.5 Å². The van der Waals surface area contributed by atoms with E-state index in [2.05, 4.69) is 17.0 Å². The highest BCUT2D eigenvalue weighted by molar-refractivity contribution is 5.30. The summed E-state index contributed by atoms with van der Waals surface area (Å²) in [6, 6.07) is 7.78. The summed E-state index contributed by atoms with van der Waals surface area (Å²) in [4.78, 5) is 3.99. The lowest BCUT2D eigenvalue weighted by Gasteiger charge is -2.28. The molecule has 0 bridgehead atoms. The summed E-state index contributed by atoms with van der Waals surface area (Å²) in [5, 5.41) is 4.18. The van der Waals surface area contributed by atoms with Gasteiger partial charge >= 0.3 is 0 Å². The molecular weight excluding hydrogens is 282 g/mol. The van der Waals surface area contributed by atoms with Gasteiger partial charge in [-0.2, -0.15) is 5.10 Å². The van der Waals surface area contributed by atoms with E-state index < -0.39 is 5.79 Å². The van der Waals surface area contributed by atoms with Crippen molar-refractivity contribution in [2.45, 2.75) is 38.2 Å². The number of hydrogen-bond donors (Lipinski definition) is 0. The van der Waals surface area contributed by atoms with Gasteiger partial charge in [0.15, 0.2) is 0 Å². The Balaban J connectivity index is 1.88. The predicted octanol–water partition coefficient (Wildman–Crippen LogP) is 2.36. The fourth-order valence-corrected chi connectivity index (χ4v) is 2.73. The second-order valence-electron chi connectivity index (χ2n) is 5.41. The number of methoxy groups -OCH3 is 1. The van der Waals surface area contributed by atoms with Crippen LogP contribution in [0.15, 0.2) is 36.9 Å². The van der Waals surface area contributed by atoms with Crippen LogP contribution in [-0.2, 0) is 21.8 Å². The maximum absolute atomic E-state index is 6.27. The maximum Gasteiger partial charge on any atom is 0.215 e. The van der Waals surface area contributed by atoms with Gasteiger partial charge in [-0.1, -0.05) is 13.3 Å². The molecule has 2 unspecified atom stereocenters. The zero-order valence-corrected chi connectivity index (χ0v) is 12.9. The van der Waals surface area contributed by atoms with Crippen molar-refractivity contribution in [1.82, 2.24) is 14.8 Å². The average Bonchev–Trinajstić information content (AvgIpc) is 3.19. The Morgan fingerprint density at radius 3 is 2.82 bits per heavy atom. The fourth-order valence-electron chi connectivity index (χ4n) is 2.73. The second kappa shape index (κ2) is 6.46. The van der Waals surface area contributed by atoms with Crippen LogP contribution >= 0.6 is 0 Å². The average molecular weight is 303 g/mol. The van der Waals surface area contributed by atoms with Gasteiger partial charge in [0.05, 0.1) is 19.8 Å². The molecule has 1 aliphatic rings. The van der Waals surface area contributed by atoms with Crippen LogP contribution < -0.4 is 4.74 Å². The van der Waals surface area contributed by atoms with Gasteiger partial charge in [-0.15, -0.1) is 0 Å². The summed E-state index contributed by atoms with van der Waals surface area (Å²) in [5.41, 5.74) is 0.961. The molecule has 3 rings (SSSR count). The van der Waals surface area contributed by atoms with Crippen LogP contribution in [0.5, 0.6) is 5.75 Å². The summed E-state index contributed by atoms with van der Waals surface area (Å²) >= 11 is 0. The van der Waals surface area contributed by atoms with E-state index in [1.54, 1.807) is 18.1 Å². The van der Waals surface area contributed by atoms with Crippen LogP contribution in [0, 0.1) is 0 Å². The molecule has 2 aromatic rings. The molecule has 118 valence electrons. The standard InChI is InChI=1S/C16H21N3O3/c1-3-4-15-9-21-16(22-15,10-19-12-17-11-18-19)13-5-7-14(20-2)8-6-13/h5-8,11-12,15H,3-4,9-10H2,1-2H3. The molecule has 0 N–H and O–H groups in total. The molecule has 6 nitrogen and oxygen atoms in total. The summed E-state index contributed by atoms with van der Waals surface area (Å²) in [7, 11) is 1.65. The van der Waals surface area contributed by atoms with E-state index in [0.29, 0.717) is 13.2 Å². The molecule has 0 aliphatic carbocycles. The van der Waals surface area contributed by atoms with Crippen molar-refractivity contribution in [3.63, 3.8) is 0 Å². The Labute approximate surface area is 130 Å². The van der Waals surface area contributed by atoms with Gasteiger partial charge in [-0.3, -0.25) is 0 Å². The molecule has 2 atom stereocenters. The highest BCUT2D eigenvalue weighted by Crippen LogP contribution is 2.37. The minimum Gasteiger partial charge on any atom is -0.497 e. The van der Waals surface area contributed by atoms with Gasteiger partial charge in [-0.25, -0.2) is 9.67 Å². The van der Waals surface area contributed by atoms with Gasteiger partial charge in [-0.05, 0) is 30.7 Å². The molecule has 0 saturated carbocycles. The monoisotopic (exact) mass is 303 g/mol. The van der Waals surface area contributed by atoms with Crippen molar-refractivity contribution in [1.29, 1.82) is 0 Å². The van der Waals surface area contributed by atoms with Gasteiger partial charge in [0, 0.05) is 5.56 Å². The normalized spacial score (nSPS) is 24.5. The predicted molar refractivity (Wildman–Crippen MR) is 80.4 cm³/mol. The highest BCUT2D eigenvalue weighted by atomic mass is 16.7. The largest absolute Gasteiger partial charge is 0.497 e. The van der Waals surface area contributed by atoms with Crippen molar-refractivity contribution in [2.75, 3.05) is 13.7 Å². The van der Waals surface area contributed by atoms with E-state index in [-0.39, 0.29) is 6.10 Å². The van der Waals surface area contributed by atoms with Crippen molar-refractivity contribution >= 4 is 0 Å². The molecule has 22 heavy (non-hydrogen) atoms. The lowest BCUT2D eigenvalue weighted by Crippen LogP contribution is -2.33. The van der Waals surface area contributed by atoms with E-state index in [4.69, 9.17) is 14.2 Å². The van der Waals surface area contributed by atoms with Crippen LogP contribution in [0.3, 0.4) is 0 Å². The summed E-state index contributed by atoms with van der Waals surface area (Å²) in [6.45, 7) is 3.21. The third-order valence-electron chi connectivity index (χ3n) is 3.84. The first-order valence-corrected chi connectivity index (χ1v) is 7.54. The van der Waals surface area contributed by atoms with Gasteiger partial charge in [0.25, 0.3) is 0 Å². The first kappa shape index (κ1) is 15.0. The van der Waals surface area contributed by atoms with E-state index in [0.717, 1.165) is 24.2 Å². The molecule has 1 fully saturated rings. The van der Waals surface area contributed by atoms with Crippen LogP contribution in [0.1, 0.15) is 25.3 Å². The van der Waals surface area contributed by atoms with E-state index in [1.807, 2.05) is 24.3 Å². The smallest absolute Gasteiger partial charge is 0.215 e. The minimum atomic E-state index is -0.820. The van der Waals surface area contributed by atoms with E-state index in [1.165, 1.54) is 6.33 Å². The highest BCUT2D eigenvalue weighted by Gasteiger charge is 2.43. The zero-order chi connectivity index (χ0) is 15.4. The quantitative estimate of drug-likeness (QED) is 0.820. The van der Waals surface area contributed by atoms with Crippen LogP contribution in [0.2, 0.25) is 0 Å². The zero-order valence-electron chi connectivity index (χ0n) is 12.9. The van der Waals surface area contributed by atoms with E-state index >= 15 is 0 Å². The molecule has 0 spiro atoms. The Morgan fingerprint density at radius 1 is 1.36 bits per heavy atom. The van der Waals surface area contributed by atoms with Crippen molar-refractivity contribution in [3.8, 4) is 5.75 Å². The molecule has 1 aromatic heterocycles. The molecule has 0 amide bonds. The Bertz CT molecular complexity index is 585. The lowest BCUT2D eigenvalue weighted by atomic mass is 10.1. The van der Waals surface area contributed by atoms with Crippen LogP contribution in [0.25, 0.3) is 0 Å². The first-order valence-electron chi connectivity index (χ1n) is 7.54. The SMILES string of the molecule is CCCC1COC(Cn2cncn2)(c2ccc(OC)cc2)O1. The number of ether oxygens (including phenoxy) is 3. The Morgan fingerprint density at radius 2 is 2.18 bits per heavy atom. The molecule has 2 heterocycles. The number of nitrogens with zero attached hydrogens (tertiary/aromatic N) is 3. The number of benzene rings is 1. The number of hydrogen-bond acceptors (Lipinski definition) is 5. The molecule has 1 aromatic carbocycles. The Hall–Kier alpha value is -1.92. The topological polar surface area (TPSA) is 58.4 Å². The van der Waals surface area contributed by atoms with Crippen molar-refractivity contribution < 1.29 is 14.2 Å². The fraction of sp³-hybridized carbons (Fsp3) is 0.500. The third-order valence-corrected chi connectivity index (χ3v) is 3.84. The second-order valence-corrected chi connectivity index (χ2v) is 5.41. The summed E-state index contributed by atoms with van der Waals surface area (Å²) in [6.07, 6.45) is 5.34. The maximum atomic E-state index is 6.27. The lowest BCUT2D eigenvalue weighted by molar-refractivity contribution is -0.189. The van der Waals surface area contributed by atoms with Gasteiger partial charge in [0.2, 0.25) is 5.79 Å². The molecule has 0 radical (unpaired) electrons. The van der Waals surface area contributed by atoms with E-state index in [9.17, 15) is 0 Å². The van der Waals surface area contributed by atoms with Crippen LogP contribution in [-0.4, -0.2) is 34.6 Å². The molecule has 1 aliphatic heterocycles. The summed E-state index contributed by atoms with van der Waals surface area (Å²) in [5.74, 6) is -0.0115. The molecular formula is C16H21N3O3. The first-order chi connectivity index (χ1) is 10.8.